The van der Waals surface area contributed by atoms with E-state index in [0.29, 0.717) is 36.4 Å². The monoisotopic (exact) mass is 417 g/mol. The molecule has 2 atom stereocenters. The molecule has 164 valence electrons. The first-order valence-corrected chi connectivity index (χ1v) is 10.5. The third-order valence-corrected chi connectivity index (χ3v) is 6.51. The second kappa shape index (κ2) is 8.19. The lowest BCUT2D eigenvalue weighted by atomic mass is 9.84. The summed E-state index contributed by atoms with van der Waals surface area (Å²) in [6, 6.07) is 1.35. The Bertz CT molecular complexity index is 997. The largest absolute Gasteiger partial charge is 0.507 e. The Morgan fingerprint density at radius 3 is 2.43 bits per heavy atom. The predicted molar refractivity (Wildman–Crippen MR) is 114 cm³/mol. The molecule has 2 aliphatic rings. The third-order valence-electron chi connectivity index (χ3n) is 6.51. The van der Waals surface area contributed by atoms with Crippen molar-refractivity contribution in [1.29, 1.82) is 0 Å². The second-order valence-corrected chi connectivity index (χ2v) is 8.82. The molecule has 0 aliphatic carbocycles. The van der Waals surface area contributed by atoms with Crippen LogP contribution in [-0.2, 0) is 6.54 Å². The Kier molecular flexibility index (Phi) is 5.76. The van der Waals surface area contributed by atoms with E-state index in [0.717, 1.165) is 32.7 Å². The molecule has 1 aromatic heterocycles. The molecule has 4 rings (SSSR count). The van der Waals surface area contributed by atoms with E-state index >= 15 is 0 Å². The average molecular weight is 418 g/mol. The summed E-state index contributed by atoms with van der Waals surface area (Å²) in [5.74, 6) is -0.259. The number of aliphatic hydroxyl groups is 1. The lowest BCUT2D eigenvalue weighted by Gasteiger charge is -2.35. The number of rotatable bonds is 3. The van der Waals surface area contributed by atoms with Gasteiger partial charge in [-0.05, 0) is 34.0 Å². The molecule has 30 heavy (non-hydrogen) atoms. The van der Waals surface area contributed by atoms with Crippen molar-refractivity contribution < 1.29 is 19.7 Å². The van der Waals surface area contributed by atoms with E-state index in [-0.39, 0.29) is 33.8 Å². The highest BCUT2D eigenvalue weighted by Gasteiger charge is 2.35. The number of phenolic OH excluding ortho intramolecular Hbond substituents is 2. The molecule has 2 aromatic rings. The van der Waals surface area contributed by atoms with E-state index in [1.807, 2.05) is 11.9 Å². The van der Waals surface area contributed by atoms with Crippen molar-refractivity contribution in [2.75, 3.05) is 53.4 Å². The maximum atomic E-state index is 12.8. The molecule has 3 N–H and O–H groups in total. The van der Waals surface area contributed by atoms with E-state index in [1.165, 1.54) is 6.07 Å². The Hall–Kier alpha value is -2.13. The molecule has 8 heteroatoms. The fourth-order valence-electron chi connectivity index (χ4n) is 4.71. The molecule has 0 bridgehead atoms. The van der Waals surface area contributed by atoms with Crippen LogP contribution < -0.4 is 5.43 Å². The SMILES string of the molecule is Cc1cc(=O)c2c(O)c(CN3CCN(C)CC3)c(O)c(C3CCN(C)CC3O)c2o1. The Morgan fingerprint density at radius 1 is 1.07 bits per heavy atom. The molecule has 0 saturated carbocycles. The summed E-state index contributed by atoms with van der Waals surface area (Å²) >= 11 is 0. The molecule has 8 nitrogen and oxygen atoms in total. The van der Waals surface area contributed by atoms with Gasteiger partial charge in [0.25, 0.3) is 0 Å². The van der Waals surface area contributed by atoms with E-state index in [1.54, 1.807) is 6.92 Å². The first-order chi connectivity index (χ1) is 14.3. The number of aromatic hydroxyl groups is 2. The summed E-state index contributed by atoms with van der Waals surface area (Å²) in [6.07, 6.45) is -0.0823. The molecular formula is C22H31N3O5. The maximum absolute atomic E-state index is 12.8. The van der Waals surface area contributed by atoms with Crippen molar-refractivity contribution in [2.45, 2.75) is 31.9 Å². The van der Waals surface area contributed by atoms with Gasteiger partial charge in [0.15, 0.2) is 5.43 Å². The fourth-order valence-corrected chi connectivity index (χ4v) is 4.71. The van der Waals surface area contributed by atoms with E-state index in [4.69, 9.17) is 4.42 Å². The quantitative estimate of drug-likeness (QED) is 0.681. The zero-order valence-electron chi connectivity index (χ0n) is 17.9. The number of piperidine rings is 1. The zero-order chi connectivity index (χ0) is 21.6. The van der Waals surface area contributed by atoms with Crippen molar-refractivity contribution >= 4 is 11.0 Å². The van der Waals surface area contributed by atoms with Gasteiger partial charge in [0, 0.05) is 56.8 Å². The smallest absolute Gasteiger partial charge is 0.196 e. The van der Waals surface area contributed by atoms with Crippen LogP contribution in [0.4, 0.5) is 0 Å². The molecule has 0 radical (unpaired) electrons. The molecule has 0 amide bonds. The molecule has 2 saturated heterocycles. The predicted octanol–water partition coefficient (Wildman–Crippen LogP) is 1.04. The van der Waals surface area contributed by atoms with Crippen molar-refractivity contribution in [3.63, 3.8) is 0 Å². The number of β-amino-alcohol motifs (C(OH)–C–C–N with tert-alkyl or cyclic N) is 1. The minimum atomic E-state index is -0.704. The van der Waals surface area contributed by atoms with Crippen LogP contribution in [0.25, 0.3) is 11.0 Å². The number of hydrogen-bond acceptors (Lipinski definition) is 8. The zero-order valence-corrected chi connectivity index (χ0v) is 17.9. The summed E-state index contributed by atoms with van der Waals surface area (Å²) in [7, 11) is 4.01. The number of benzene rings is 1. The highest BCUT2D eigenvalue weighted by atomic mass is 16.3. The van der Waals surface area contributed by atoms with Gasteiger partial charge in [-0.15, -0.1) is 0 Å². The fraction of sp³-hybridized carbons (Fsp3) is 0.591. The summed E-state index contributed by atoms with van der Waals surface area (Å²) < 4.78 is 5.86. The summed E-state index contributed by atoms with van der Waals surface area (Å²) in [5.41, 5.74) is 0.623. The first-order valence-electron chi connectivity index (χ1n) is 10.5. The van der Waals surface area contributed by atoms with Gasteiger partial charge < -0.3 is 29.5 Å². The standard InChI is InChI=1S/C22H31N3O5/c1-13-10-16(26)19-21(29)15(11-25-8-6-23(2)7-9-25)20(28)18(22(19)30-13)14-4-5-24(3)12-17(14)27/h10,14,17,27-29H,4-9,11-12H2,1-3H3. The van der Waals surface area contributed by atoms with Crippen LogP contribution in [0, 0.1) is 6.92 Å². The number of likely N-dealkylation sites (N-methyl/N-ethyl adjacent to an activating group) is 2. The minimum Gasteiger partial charge on any atom is -0.507 e. The third kappa shape index (κ3) is 3.80. The lowest BCUT2D eigenvalue weighted by molar-refractivity contribution is 0.0629. The molecular weight excluding hydrogens is 386 g/mol. The summed E-state index contributed by atoms with van der Waals surface area (Å²) in [4.78, 5) is 19.2. The Labute approximate surface area is 175 Å². The van der Waals surface area contributed by atoms with Gasteiger partial charge in [0.05, 0.1) is 11.7 Å². The number of fused-ring (bicyclic) bond motifs is 1. The Morgan fingerprint density at radius 2 is 1.77 bits per heavy atom. The summed E-state index contributed by atoms with van der Waals surface area (Å²) in [6.45, 7) is 6.65. The number of hydrogen-bond donors (Lipinski definition) is 3. The van der Waals surface area contributed by atoms with E-state index in [9.17, 15) is 20.1 Å². The van der Waals surface area contributed by atoms with Crippen LogP contribution >= 0.6 is 0 Å². The van der Waals surface area contributed by atoms with Gasteiger partial charge >= 0.3 is 0 Å². The molecule has 2 unspecified atom stereocenters. The number of likely N-dealkylation sites (tertiary alicyclic amines) is 1. The number of phenols is 2. The molecule has 1 aromatic carbocycles. The lowest BCUT2D eigenvalue weighted by Crippen LogP contribution is -2.44. The summed E-state index contributed by atoms with van der Waals surface area (Å²) in [5, 5.41) is 33.1. The number of aliphatic hydroxyl groups excluding tert-OH is 1. The van der Waals surface area contributed by atoms with Gasteiger partial charge in [-0.3, -0.25) is 9.69 Å². The van der Waals surface area contributed by atoms with Crippen LogP contribution in [-0.4, -0.2) is 89.5 Å². The highest BCUT2D eigenvalue weighted by Crippen LogP contribution is 2.45. The normalized spacial score (nSPS) is 24.5. The average Bonchev–Trinajstić information content (AvgIpc) is 2.67. The minimum absolute atomic E-state index is 0.0683. The van der Waals surface area contributed by atoms with Gasteiger partial charge in [-0.25, -0.2) is 0 Å². The second-order valence-electron chi connectivity index (χ2n) is 8.82. The molecule has 2 fully saturated rings. The van der Waals surface area contributed by atoms with Crippen LogP contribution in [0.15, 0.2) is 15.3 Å². The van der Waals surface area contributed by atoms with E-state index < -0.39 is 6.10 Å². The first kappa shape index (κ1) is 21.1. The van der Waals surface area contributed by atoms with Crippen LogP contribution in [0.5, 0.6) is 11.5 Å². The van der Waals surface area contributed by atoms with Crippen molar-refractivity contribution in [2.24, 2.45) is 0 Å². The van der Waals surface area contributed by atoms with Gasteiger partial charge in [-0.1, -0.05) is 0 Å². The highest BCUT2D eigenvalue weighted by molar-refractivity contribution is 5.90. The van der Waals surface area contributed by atoms with Gasteiger partial charge in [0.2, 0.25) is 0 Å². The molecule has 3 heterocycles. The van der Waals surface area contributed by atoms with Gasteiger partial charge in [-0.2, -0.15) is 0 Å². The number of nitrogens with zero attached hydrogens (tertiary/aromatic N) is 3. The van der Waals surface area contributed by atoms with Crippen LogP contribution in [0.1, 0.15) is 29.2 Å². The van der Waals surface area contributed by atoms with Crippen molar-refractivity contribution in [3.8, 4) is 11.5 Å². The maximum Gasteiger partial charge on any atom is 0.196 e. The molecule has 0 spiro atoms. The van der Waals surface area contributed by atoms with E-state index in [2.05, 4.69) is 16.8 Å². The number of piperazine rings is 1. The Balaban J connectivity index is 1.87. The van der Waals surface area contributed by atoms with Crippen molar-refractivity contribution in [3.05, 3.63) is 33.2 Å². The van der Waals surface area contributed by atoms with Gasteiger partial charge in [0.1, 0.15) is 28.2 Å². The van der Waals surface area contributed by atoms with Crippen LogP contribution in [0.2, 0.25) is 0 Å². The topological polar surface area (TPSA) is 101 Å². The van der Waals surface area contributed by atoms with Crippen molar-refractivity contribution in [1.82, 2.24) is 14.7 Å². The van der Waals surface area contributed by atoms with Crippen LogP contribution in [0.3, 0.4) is 0 Å². The molecule has 2 aliphatic heterocycles. The number of aryl methyl sites for hydroxylation is 1.